The van der Waals surface area contributed by atoms with Gasteiger partial charge in [0.05, 0.1) is 5.02 Å². The third-order valence-corrected chi connectivity index (χ3v) is 5.97. The SMILES string of the molecule is O=C(NCC1CCN(CC(O)COc2ccc(Cl)c(F)c2)C1)c1cc2cc(Cl)ccc2o1. The van der Waals surface area contributed by atoms with Crippen LogP contribution in [0.3, 0.4) is 0 Å². The lowest BCUT2D eigenvalue weighted by atomic mass is 10.1. The normalized spacial score (nSPS) is 17.6. The molecule has 0 saturated carbocycles. The summed E-state index contributed by atoms with van der Waals surface area (Å²) < 4.78 is 24.5. The summed E-state index contributed by atoms with van der Waals surface area (Å²) >= 11 is 11.6. The van der Waals surface area contributed by atoms with E-state index in [1.54, 1.807) is 30.3 Å². The van der Waals surface area contributed by atoms with E-state index in [0.717, 1.165) is 24.9 Å². The van der Waals surface area contributed by atoms with E-state index in [1.807, 2.05) is 0 Å². The Morgan fingerprint density at radius 2 is 2.12 bits per heavy atom. The number of carbonyl (C=O) groups excluding carboxylic acids is 1. The van der Waals surface area contributed by atoms with Gasteiger partial charge in [0, 0.05) is 36.1 Å². The van der Waals surface area contributed by atoms with Gasteiger partial charge in [-0.1, -0.05) is 23.2 Å². The van der Waals surface area contributed by atoms with Crippen LogP contribution < -0.4 is 10.1 Å². The average molecular weight is 481 g/mol. The van der Waals surface area contributed by atoms with Crippen LogP contribution in [0.4, 0.5) is 4.39 Å². The van der Waals surface area contributed by atoms with E-state index in [4.69, 9.17) is 32.4 Å². The minimum Gasteiger partial charge on any atom is -0.491 e. The van der Waals surface area contributed by atoms with Gasteiger partial charge in [-0.05, 0) is 55.3 Å². The Labute approximate surface area is 194 Å². The van der Waals surface area contributed by atoms with E-state index >= 15 is 0 Å². The number of nitrogens with one attached hydrogen (secondary N) is 1. The molecule has 1 fully saturated rings. The van der Waals surface area contributed by atoms with Crippen LogP contribution >= 0.6 is 23.2 Å². The number of nitrogens with zero attached hydrogens (tertiary/aromatic N) is 1. The quantitative estimate of drug-likeness (QED) is 0.500. The second kappa shape index (κ2) is 10.1. The first-order valence-electron chi connectivity index (χ1n) is 10.3. The van der Waals surface area contributed by atoms with Crippen molar-refractivity contribution < 1.29 is 23.4 Å². The highest BCUT2D eigenvalue weighted by Crippen LogP contribution is 2.24. The van der Waals surface area contributed by atoms with E-state index in [1.165, 1.54) is 12.1 Å². The molecule has 9 heteroatoms. The van der Waals surface area contributed by atoms with Gasteiger partial charge in [-0.2, -0.15) is 0 Å². The molecular formula is C23H23Cl2FN2O4. The summed E-state index contributed by atoms with van der Waals surface area (Å²) in [6, 6.07) is 11.1. The topological polar surface area (TPSA) is 74.9 Å². The maximum atomic E-state index is 13.5. The van der Waals surface area contributed by atoms with Crippen LogP contribution in [0.25, 0.3) is 11.0 Å². The van der Waals surface area contributed by atoms with Crippen molar-refractivity contribution in [2.45, 2.75) is 12.5 Å². The van der Waals surface area contributed by atoms with Crippen LogP contribution in [-0.2, 0) is 0 Å². The number of halogens is 3. The molecule has 2 N–H and O–H groups in total. The molecule has 2 aromatic carbocycles. The predicted molar refractivity (Wildman–Crippen MR) is 121 cm³/mol. The van der Waals surface area contributed by atoms with Crippen molar-refractivity contribution in [1.82, 2.24) is 10.2 Å². The number of hydrogen-bond donors (Lipinski definition) is 2. The molecule has 170 valence electrons. The van der Waals surface area contributed by atoms with Crippen molar-refractivity contribution in [2.24, 2.45) is 5.92 Å². The van der Waals surface area contributed by atoms with Gasteiger partial charge in [-0.3, -0.25) is 4.79 Å². The van der Waals surface area contributed by atoms with Crippen molar-refractivity contribution in [3.05, 3.63) is 64.1 Å². The Morgan fingerprint density at radius 1 is 1.28 bits per heavy atom. The van der Waals surface area contributed by atoms with Gasteiger partial charge in [0.1, 0.15) is 29.9 Å². The Hall–Kier alpha value is -2.32. The maximum Gasteiger partial charge on any atom is 0.287 e. The van der Waals surface area contributed by atoms with Gasteiger partial charge in [-0.15, -0.1) is 0 Å². The zero-order chi connectivity index (χ0) is 22.7. The van der Waals surface area contributed by atoms with E-state index in [-0.39, 0.29) is 29.2 Å². The second-order valence-corrected chi connectivity index (χ2v) is 8.80. The van der Waals surface area contributed by atoms with Crippen LogP contribution in [0.15, 0.2) is 46.9 Å². The maximum absolute atomic E-state index is 13.5. The van der Waals surface area contributed by atoms with E-state index in [9.17, 15) is 14.3 Å². The van der Waals surface area contributed by atoms with Crippen LogP contribution in [0, 0.1) is 11.7 Å². The molecule has 1 amide bonds. The first kappa shape index (κ1) is 22.9. The number of rotatable bonds is 8. The predicted octanol–water partition coefficient (Wildman–Crippen LogP) is 4.37. The number of furan rings is 1. The summed E-state index contributed by atoms with van der Waals surface area (Å²) in [6.45, 7) is 2.57. The molecular weight excluding hydrogens is 458 g/mol. The number of ether oxygens (including phenoxy) is 1. The van der Waals surface area contributed by atoms with Crippen LogP contribution in [0.2, 0.25) is 10.0 Å². The molecule has 0 radical (unpaired) electrons. The van der Waals surface area contributed by atoms with Crippen molar-refractivity contribution in [3.8, 4) is 5.75 Å². The molecule has 0 bridgehead atoms. The van der Waals surface area contributed by atoms with Gasteiger partial charge >= 0.3 is 0 Å². The molecule has 0 aliphatic carbocycles. The Balaban J connectivity index is 1.20. The Kier molecular flexibility index (Phi) is 7.20. The lowest BCUT2D eigenvalue weighted by Gasteiger charge is -2.20. The molecule has 2 heterocycles. The molecule has 3 aromatic rings. The first-order valence-corrected chi connectivity index (χ1v) is 11.1. The summed E-state index contributed by atoms with van der Waals surface area (Å²) in [6.07, 6.45) is 0.191. The third kappa shape index (κ3) is 5.72. The average Bonchev–Trinajstić information content (AvgIpc) is 3.39. The first-order chi connectivity index (χ1) is 15.4. The van der Waals surface area contributed by atoms with E-state index < -0.39 is 11.9 Å². The third-order valence-electron chi connectivity index (χ3n) is 5.43. The number of aliphatic hydroxyl groups excluding tert-OH is 1. The summed E-state index contributed by atoms with van der Waals surface area (Å²) in [7, 11) is 0. The zero-order valence-electron chi connectivity index (χ0n) is 17.2. The number of fused-ring (bicyclic) bond motifs is 1. The molecule has 1 aromatic heterocycles. The minimum absolute atomic E-state index is 0.0258. The van der Waals surface area contributed by atoms with Crippen molar-refractivity contribution in [3.63, 3.8) is 0 Å². The number of carbonyl (C=O) groups is 1. The fourth-order valence-corrected chi connectivity index (χ4v) is 4.10. The second-order valence-electron chi connectivity index (χ2n) is 7.96. The molecule has 2 unspecified atom stereocenters. The highest BCUT2D eigenvalue weighted by Gasteiger charge is 2.25. The lowest BCUT2D eigenvalue weighted by molar-refractivity contribution is 0.0743. The van der Waals surface area contributed by atoms with E-state index in [0.29, 0.717) is 29.4 Å². The number of β-amino-alcohol motifs (C(OH)–C–C–N with tert-alkyl or cyclic N) is 1. The minimum atomic E-state index is -0.718. The fraction of sp³-hybridized carbons (Fsp3) is 0.348. The molecule has 1 aliphatic heterocycles. The van der Waals surface area contributed by atoms with Gasteiger partial charge in [0.25, 0.3) is 5.91 Å². The molecule has 1 saturated heterocycles. The molecule has 6 nitrogen and oxygen atoms in total. The molecule has 0 spiro atoms. The highest BCUT2D eigenvalue weighted by atomic mass is 35.5. The zero-order valence-corrected chi connectivity index (χ0v) is 18.7. The lowest BCUT2D eigenvalue weighted by Crippen LogP contribution is -2.35. The van der Waals surface area contributed by atoms with Crippen molar-refractivity contribution in [2.75, 3.05) is 32.8 Å². The fourth-order valence-electron chi connectivity index (χ4n) is 3.81. The highest BCUT2D eigenvalue weighted by molar-refractivity contribution is 6.31. The van der Waals surface area contributed by atoms with Crippen molar-refractivity contribution >= 4 is 40.1 Å². The van der Waals surface area contributed by atoms with Crippen LogP contribution in [-0.4, -0.2) is 54.8 Å². The van der Waals surface area contributed by atoms with E-state index in [2.05, 4.69) is 10.2 Å². The molecule has 1 aliphatic rings. The van der Waals surface area contributed by atoms with Crippen LogP contribution in [0.5, 0.6) is 5.75 Å². The standard InChI is InChI=1S/C23H23Cl2FN2O4/c24-16-1-4-21-15(7-16)8-22(32-21)23(30)27-10-14-5-6-28(11-14)12-17(29)13-31-18-2-3-19(25)20(26)9-18/h1-4,7-9,14,17,29H,5-6,10-13H2,(H,27,30). The summed E-state index contributed by atoms with van der Waals surface area (Å²) in [5, 5.41) is 14.6. The summed E-state index contributed by atoms with van der Waals surface area (Å²) in [5.41, 5.74) is 0.615. The van der Waals surface area contributed by atoms with Crippen molar-refractivity contribution in [1.29, 1.82) is 0 Å². The summed E-state index contributed by atoms with van der Waals surface area (Å²) in [4.78, 5) is 14.6. The Morgan fingerprint density at radius 3 is 2.94 bits per heavy atom. The molecule has 4 rings (SSSR count). The number of aliphatic hydroxyl groups is 1. The van der Waals surface area contributed by atoms with Gasteiger partial charge in [-0.25, -0.2) is 4.39 Å². The van der Waals surface area contributed by atoms with Gasteiger partial charge in [0.15, 0.2) is 5.76 Å². The monoisotopic (exact) mass is 480 g/mol. The molecule has 2 atom stereocenters. The number of benzene rings is 2. The van der Waals surface area contributed by atoms with Gasteiger partial charge < -0.3 is 24.5 Å². The van der Waals surface area contributed by atoms with Crippen LogP contribution in [0.1, 0.15) is 17.0 Å². The Bertz CT molecular complexity index is 1110. The largest absolute Gasteiger partial charge is 0.491 e. The molecule has 32 heavy (non-hydrogen) atoms. The smallest absolute Gasteiger partial charge is 0.287 e. The number of likely N-dealkylation sites (tertiary alicyclic amines) is 1. The number of hydrogen-bond acceptors (Lipinski definition) is 5. The summed E-state index contributed by atoms with van der Waals surface area (Å²) in [5.74, 6) is 0.0225. The number of amides is 1. The van der Waals surface area contributed by atoms with Gasteiger partial charge in [0.2, 0.25) is 0 Å².